The Hall–Kier alpha value is -1.91. The van der Waals surface area contributed by atoms with Crippen molar-refractivity contribution in [3.05, 3.63) is 30.1 Å². The number of nitrogens with one attached hydrogen (secondary N) is 1. The summed E-state index contributed by atoms with van der Waals surface area (Å²) in [5, 5.41) is 2.62. The molecule has 1 unspecified atom stereocenters. The van der Waals surface area contributed by atoms with Crippen molar-refractivity contribution >= 4 is 11.9 Å². The lowest BCUT2D eigenvalue weighted by molar-refractivity contribution is -0.148. The summed E-state index contributed by atoms with van der Waals surface area (Å²) in [5.74, 6) is -0.333. The Balaban J connectivity index is 2.37. The van der Waals surface area contributed by atoms with E-state index in [0.717, 1.165) is 5.56 Å². The van der Waals surface area contributed by atoms with Crippen molar-refractivity contribution in [1.82, 2.24) is 10.3 Å². The zero-order valence-electron chi connectivity index (χ0n) is 11.6. The molecule has 19 heavy (non-hydrogen) atoms. The summed E-state index contributed by atoms with van der Waals surface area (Å²) in [4.78, 5) is 27.2. The van der Waals surface area contributed by atoms with Gasteiger partial charge in [-0.1, -0.05) is 13.8 Å². The second-order valence-corrected chi connectivity index (χ2v) is 4.85. The lowest BCUT2D eigenvalue weighted by Crippen LogP contribution is -2.40. The number of hydrogen-bond acceptors (Lipinski definition) is 4. The van der Waals surface area contributed by atoms with E-state index >= 15 is 0 Å². The summed E-state index contributed by atoms with van der Waals surface area (Å²) in [6, 6.07) is 2.90. The fourth-order valence-corrected chi connectivity index (χ4v) is 1.41. The van der Waals surface area contributed by atoms with Gasteiger partial charge in [0.2, 0.25) is 5.91 Å². The minimum atomic E-state index is -0.631. The van der Waals surface area contributed by atoms with Gasteiger partial charge in [-0.15, -0.1) is 0 Å². The number of aromatic nitrogens is 1. The molecule has 0 spiro atoms. The number of hydrogen-bond donors (Lipinski definition) is 1. The number of carbonyl (C=O) groups is 2. The van der Waals surface area contributed by atoms with Crippen LogP contribution >= 0.6 is 0 Å². The molecule has 1 aromatic rings. The topological polar surface area (TPSA) is 68.3 Å². The molecule has 5 nitrogen and oxygen atoms in total. The molecule has 104 valence electrons. The minimum Gasteiger partial charge on any atom is -0.464 e. The van der Waals surface area contributed by atoms with Crippen LogP contribution in [0.15, 0.2) is 24.5 Å². The first kappa shape index (κ1) is 15.1. The van der Waals surface area contributed by atoms with Gasteiger partial charge in [0.25, 0.3) is 0 Å². The van der Waals surface area contributed by atoms with E-state index in [9.17, 15) is 9.59 Å². The Morgan fingerprint density at radius 3 is 2.47 bits per heavy atom. The van der Waals surface area contributed by atoms with Gasteiger partial charge in [-0.05, 0) is 30.5 Å². The third kappa shape index (κ3) is 5.99. The molecule has 0 aliphatic carbocycles. The third-order valence-electron chi connectivity index (χ3n) is 2.40. The predicted molar refractivity (Wildman–Crippen MR) is 71.3 cm³/mol. The Morgan fingerprint density at radius 2 is 1.89 bits per heavy atom. The molecule has 1 atom stereocenters. The summed E-state index contributed by atoms with van der Waals surface area (Å²) in [6.45, 7) is 5.90. The van der Waals surface area contributed by atoms with Crippen LogP contribution in [0.1, 0.15) is 26.3 Å². The van der Waals surface area contributed by atoms with Crippen molar-refractivity contribution in [3.8, 4) is 0 Å². The summed E-state index contributed by atoms with van der Waals surface area (Å²) in [5.41, 5.74) is 0.857. The van der Waals surface area contributed by atoms with Gasteiger partial charge in [-0.2, -0.15) is 0 Å². The second-order valence-electron chi connectivity index (χ2n) is 4.85. The van der Waals surface area contributed by atoms with Gasteiger partial charge in [0.1, 0.15) is 6.04 Å². The molecule has 1 rings (SSSR count). The molecule has 0 aliphatic heterocycles. The monoisotopic (exact) mass is 264 g/mol. The normalized spacial score (nSPS) is 12.0. The Kier molecular flexibility index (Phi) is 5.99. The quantitative estimate of drug-likeness (QED) is 0.787. The van der Waals surface area contributed by atoms with Gasteiger partial charge in [0.15, 0.2) is 0 Å². The van der Waals surface area contributed by atoms with Gasteiger partial charge in [-0.25, -0.2) is 4.79 Å². The van der Waals surface area contributed by atoms with Crippen LogP contribution in [0.2, 0.25) is 0 Å². The van der Waals surface area contributed by atoms with Gasteiger partial charge in [0.05, 0.1) is 13.0 Å². The summed E-state index contributed by atoms with van der Waals surface area (Å²) >= 11 is 0. The van der Waals surface area contributed by atoms with E-state index in [4.69, 9.17) is 4.74 Å². The second kappa shape index (κ2) is 7.51. The number of carbonyl (C=O) groups excluding carboxylic acids is 2. The van der Waals surface area contributed by atoms with Crippen LogP contribution in [-0.2, 0) is 20.7 Å². The molecule has 0 radical (unpaired) electrons. The van der Waals surface area contributed by atoms with Crippen LogP contribution in [-0.4, -0.2) is 29.5 Å². The molecule has 0 saturated carbocycles. The highest BCUT2D eigenvalue weighted by atomic mass is 16.5. The highest BCUT2D eigenvalue weighted by Gasteiger charge is 2.17. The molecular weight excluding hydrogens is 244 g/mol. The zero-order chi connectivity index (χ0) is 14.3. The van der Waals surface area contributed by atoms with Crippen molar-refractivity contribution in [2.24, 2.45) is 5.92 Å². The molecule has 1 N–H and O–H groups in total. The molecule has 1 heterocycles. The smallest absolute Gasteiger partial charge is 0.328 e. The highest BCUT2D eigenvalue weighted by molar-refractivity contribution is 5.85. The average Bonchev–Trinajstić information content (AvgIpc) is 2.36. The van der Waals surface area contributed by atoms with E-state index in [1.54, 1.807) is 31.5 Å². The van der Waals surface area contributed by atoms with Crippen molar-refractivity contribution in [2.45, 2.75) is 33.2 Å². The van der Waals surface area contributed by atoms with E-state index in [-0.39, 0.29) is 18.2 Å². The SMILES string of the molecule is CC(C)COC(=O)C(C)NC(=O)Cc1ccncc1. The first-order valence-corrected chi connectivity index (χ1v) is 6.34. The Morgan fingerprint density at radius 1 is 1.26 bits per heavy atom. The van der Waals surface area contributed by atoms with Gasteiger partial charge in [0, 0.05) is 12.4 Å². The van der Waals surface area contributed by atoms with Crippen LogP contribution in [0.25, 0.3) is 0 Å². The highest BCUT2D eigenvalue weighted by Crippen LogP contribution is 1.99. The number of rotatable bonds is 6. The van der Waals surface area contributed by atoms with Gasteiger partial charge >= 0.3 is 5.97 Å². The van der Waals surface area contributed by atoms with E-state index in [1.807, 2.05) is 13.8 Å². The van der Waals surface area contributed by atoms with Crippen LogP contribution in [0.5, 0.6) is 0 Å². The number of amides is 1. The number of ether oxygens (including phenoxy) is 1. The van der Waals surface area contributed by atoms with Gasteiger partial charge < -0.3 is 10.1 Å². The van der Waals surface area contributed by atoms with Crippen LogP contribution in [0.3, 0.4) is 0 Å². The maximum Gasteiger partial charge on any atom is 0.328 e. The molecule has 0 aliphatic rings. The fourth-order valence-electron chi connectivity index (χ4n) is 1.41. The number of pyridine rings is 1. The molecule has 1 aromatic heterocycles. The minimum absolute atomic E-state index is 0.208. The lowest BCUT2D eigenvalue weighted by Gasteiger charge is -2.14. The van der Waals surface area contributed by atoms with Gasteiger partial charge in [-0.3, -0.25) is 9.78 Å². The van der Waals surface area contributed by atoms with E-state index < -0.39 is 12.0 Å². The molecule has 0 fully saturated rings. The lowest BCUT2D eigenvalue weighted by atomic mass is 10.2. The molecule has 0 aromatic carbocycles. The first-order chi connectivity index (χ1) is 8.99. The van der Waals surface area contributed by atoms with Crippen molar-refractivity contribution in [2.75, 3.05) is 6.61 Å². The van der Waals surface area contributed by atoms with E-state index in [0.29, 0.717) is 6.61 Å². The fraction of sp³-hybridized carbons (Fsp3) is 0.500. The van der Waals surface area contributed by atoms with Crippen molar-refractivity contribution in [1.29, 1.82) is 0 Å². The standard InChI is InChI=1S/C14H20N2O3/c1-10(2)9-19-14(18)11(3)16-13(17)8-12-4-6-15-7-5-12/h4-7,10-11H,8-9H2,1-3H3,(H,16,17). The molecule has 1 amide bonds. The number of esters is 1. The van der Waals surface area contributed by atoms with E-state index in [1.165, 1.54) is 0 Å². The third-order valence-corrected chi connectivity index (χ3v) is 2.40. The Labute approximate surface area is 113 Å². The zero-order valence-corrected chi connectivity index (χ0v) is 11.6. The molecule has 5 heteroatoms. The first-order valence-electron chi connectivity index (χ1n) is 6.34. The Bertz CT molecular complexity index is 418. The maximum atomic E-state index is 11.7. The maximum absolute atomic E-state index is 11.7. The average molecular weight is 264 g/mol. The van der Waals surface area contributed by atoms with Crippen LogP contribution in [0, 0.1) is 5.92 Å². The molecule has 0 saturated heterocycles. The van der Waals surface area contributed by atoms with E-state index in [2.05, 4.69) is 10.3 Å². The van der Waals surface area contributed by atoms with Crippen molar-refractivity contribution in [3.63, 3.8) is 0 Å². The predicted octanol–water partition coefficient (Wildman–Crippen LogP) is 1.33. The number of nitrogens with zero attached hydrogens (tertiary/aromatic N) is 1. The largest absolute Gasteiger partial charge is 0.464 e. The van der Waals surface area contributed by atoms with Crippen LogP contribution in [0.4, 0.5) is 0 Å². The summed E-state index contributed by atoms with van der Waals surface area (Å²) < 4.78 is 5.05. The summed E-state index contributed by atoms with van der Waals surface area (Å²) in [6.07, 6.45) is 3.48. The van der Waals surface area contributed by atoms with Crippen molar-refractivity contribution < 1.29 is 14.3 Å². The molecule has 0 bridgehead atoms. The molecular formula is C14H20N2O3. The van der Waals surface area contributed by atoms with Crippen LogP contribution < -0.4 is 5.32 Å². The summed E-state index contributed by atoms with van der Waals surface area (Å²) in [7, 11) is 0.